The summed E-state index contributed by atoms with van der Waals surface area (Å²) < 4.78 is 38.9. The highest BCUT2D eigenvalue weighted by Gasteiger charge is 2.11. The normalized spacial score (nSPS) is 12.3. The number of halogens is 1. The van der Waals surface area contributed by atoms with Gasteiger partial charge >= 0.3 is 0 Å². The Morgan fingerprint density at radius 3 is 2.73 bits per heavy atom. The van der Waals surface area contributed by atoms with Crippen LogP contribution in [0, 0.1) is 12.7 Å². The van der Waals surface area contributed by atoms with Crippen LogP contribution in [0.15, 0.2) is 47.7 Å². The number of aliphatic imine (C=N–C) groups is 1. The van der Waals surface area contributed by atoms with Crippen LogP contribution in [0.5, 0.6) is 0 Å². The second kappa shape index (κ2) is 9.25. The van der Waals surface area contributed by atoms with Crippen molar-refractivity contribution in [3.63, 3.8) is 0 Å². The topological polar surface area (TPSA) is 87.9 Å². The van der Waals surface area contributed by atoms with Gasteiger partial charge in [-0.2, -0.15) is 0 Å². The highest BCUT2D eigenvalue weighted by Crippen LogP contribution is 2.14. The highest BCUT2D eigenvalue weighted by atomic mass is 32.2. The maximum Gasteiger partial charge on any atom is 0.191 e. The standard InChI is InChI=1S/C21H26FN5O2S/c1-15-5-4-10-27-13-19(26-20(15)27)8-9-24-21(23-2)25-12-17-11-18(22)7-6-16(17)14-30(3,28)29/h4-7,10-11,13H,8-9,12,14H2,1-3H3,(H2,23,24,25). The van der Waals surface area contributed by atoms with Crippen LogP contribution in [0.4, 0.5) is 4.39 Å². The third-order valence-electron chi connectivity index (χ3n) is 4.66. The average molecular weight is 432 g/mol. The molecular weight excluding hydrogens is 405 g/mol. The highest BCUT2D eigenvalue weighted by molar-refractivity contribution is 7.89. The fraction of sp³-hybridized carbons (Fsp3) is 0.333. The maximum absolute atomic E-state index is 13.7. The Kier molecular flexibility index (Phi) is 6.71. The number of sulfone groups is 1. The summed E-state index contributed by atoms with van der Waals surface area (Å²) in [7, 11) is -1.58. The van der Waals surface area contributed by atoms with Crippen molar-refractivity contribution in [2.45, 2.75) is 25.6 Å². The molecule has 0 aliphatic rings. The minimum atomic E-state index is -3.22. The molecule has 0 saturated carbocycles. The van der Waals surface area contributed by atoms with Crippen molar-refractivity contribution in [3.05, 3.63) is 70.9 Å². The van der Waals surface area contributed by atoms with Crippen LogP contribution in [0.3, 0.4) is 0 Å². The van der Waals surface area contributed by atoms with Crippen LogP contribution in [0.2, 0.25) is 0 Å². The van der Waals surface area contributed by atoms with Crippen molar-refractivity contribution in [2.75, 3.05) is 19.8 Å². The SMILES string of the molecule is CN=C(NCCc1cn2cccc(C)c2n1)NCc1cc(F)ccc1CS(C)(=O)=O. The first-order valence-corrected chi connectivity index (χ1v) is 11.6. The summed E-state index contributed by atoms with van der Waals surface area (Å²) in [5.74, 6) is 0.00235. The predicted octanol–water partition coefficient (Wildman–Crippen LogP) is 2.23. The van der Waals surface area contributed by atoms with E-state index >= 15 is 0 Å². The number of guanidine groups is 1. The quantitative estimate of drug-likeness (QED) is 0.443. The van der Waals surface area contributed by atoms with E-state index in [1.54, 1.807) is 7.05 Å². The van der Waals surface area contributed by atoms with Gasteiger partial charge in [0, 0.05) is 45.2 Å². The van der Waals surface area contributed by atoms with Gasteiger partial charge in [0.05, 0.1) is 11.4 Å². The van der Waals surface area contributed by atoms with Gasteiger partial charge in [-0.15, -0.1) is 0 Å². The fourth-order valence-electron chi connectivity index (χ4n) is 3.22. The van der Waals surface area contributed by atoms with E-state index in [0.717, 1.165) is 23.2 Å². The van der Waals surface area contributed by atoms with E-state index in [1.165, 1.54) is 18.2 Å². The second-order valence-electron chi connectivity index (χ2n) is 7.24. The summed E-state index contributed by atoms with van der Waals surface area (Å²) in [6.45, 7) is 2.90. The van der Waals surface area contributed by atoms with Gasteiger partial charge in [-0.3, -0.25) is 4.99 Å². The van der Waals surface area contributed by atoms with E-state index < -0.39 is 15.7 Å². The van der Waals surface area contributed by atoms with Crippen molar-refractivity contribution in [1.29, 1.82) is 0 Å². The van der Waals surface area contributed by atoms with E-state index in [9.17, 15) is 12.8 Å². The lowest BCUT2D eigenvalue weighted by molar-refractivity contribution is 0.599. The molecule has 0 saturated heterocycles. The molecule has 1 aromatic carbocycles. The van der Waals surface area contributed by atoms with Gasteiger partial charge in [-0.25, -0.2) is 17.8 Å². The third-order valence-corrected chi connectivity index (χ3v) is 5.49. The van der Waals surface area contributed by atoms with E-state index in [2.05, 4.69) is 20.6 Å². The van der Waals surface area contributed by atoms with Crippen molar-refractivity contribution in [2.24, 2.45) is 4.99 Å². The minimum Gasteiger partial charge on any atom is -0.356 e. The molecule has 3 aromatic rings. The molecule has 3 rings (SSSR count). The summed E-state index contributed by atoms with van der Waals surface area (Å²) >= 11 is 0. The molecule has 7 nitrogen and oxygen atoms in total. The molecule has 2 N–H and O–H groups in total. The first kappa shape index (κ1) is 21.8. The Balaban J connectivity index is 1.58. The van der Waals surface area contributed by atoms with E-state index in [-0.39, 0.29) is 12.3 Å². The van der Waals surface area contributed by atoms with Gasteiger partial charge in [0.25, 0.3) is 0 Å². The number of nitrogens with one attached hydrogen (secondary N) is 2. The number of imidazole rings is 1. The molecule has 0 atom stereocenters. The van der Waals surface area contributed by atoms with Gasteiger partial charge in [-0.1, -0.05) is 12.1 Å². The average Bonchev–Trinajstić information content (AvgIpc) is 3.10. The Labute approximate surface area is 176 Å². The Morgan fingerprint density at radius 2 is 2.03 bits per heavy atom. The molecule has 30 heavy (non-hydrogen) atoms. The number of fused-ring (bicyclic) bond motifs is 1. The monoisotopic (exact) mass is 431 g/mol. The van der Waals surface area contributed by atoms with E-state index in [0.29, 0.717) is 30.1 Å². The zero-order chi connectivity index (χ0) is 21.7. The summed E-state index contributed by atoms with van der Waals surface area (Å²) in [5.41, 5.74) is 4.18. The van der Waals surface area contributed by atoms with Gasteiger partial charge in [0.1, 0.15) is 11.5 Å². The van der Waals surface area contributed by atoms with Gasteiger partial charge in [0.15, 0.2) is 15.8 Å². The van der Waals surface area contributed by atoms with Crippen LogP contribution in [-0.2, 0) is 28.6 Å². The maximum atomic E-state index is 13.7. The molecule has 2 aromatic heterocycles. The second-order valence-corrected chi connectivity index (χ2v) is 9.38. The third kappa shape index (κ3) is 5.79. The van der Waals surface area contributed by atoms with Crippen molar-refractivity contribution >= 4 is 21.4 Å². The lowest BCUT2D eigenvalue weighted by Crippen LogP contribution is -2.38. The number of hydrogen-bond acceptors (Lipinski definition) is 4. The Morgan fingerprint density at radius 1 is 1.23 bits per heavy atom. The zero-order valence-corrected chi connectivity index (χ0v) is 18.1. The smallest absolute Gasteiger partial charge is 0.191 e. The van der Waals surface area contributed by atoms with Crippen LogP contribution in [-0.4, -0.2) is 43.6 Å². The van der Waals surface area contributed by atoms with Crippen LogP contribution in [0.1, 0.15) is 22.4 Å². The number of hydrogen-bond donors (Lipinski definition) is 2. The molecule has 0 spiro atoms. The summed E-state index contributed by atoms with van der Waals surface area (Å²) in [6, 6.07) is 8.14. The van der Waals surface area contributed by atoms with Crippen LogP contribution in [0.25, 0.3) is 5.65 Å². The Hall–Kier alpha value is -2.94. The molecular formula is C21H26FN5O2S. The zero-order valence-electron chi connectivity index (χ0n) is 17.3. The van der Waals surface area contributed by atoms with Crippen LogP contribution < -0.4 is 10.6 Å². The lowest BCUT2D eigenvalue weighted by atomic mass is 10.1. The fourth-order valence-corrected chi connectivity index (χ4v) is 4.06. The van der Waals surface area contributed by atoms with Gasteiger partial charge < -0.3 is 15.0 Å². The summed E-state index contributed by atoms with van der Waals surface area (Å²) in [4.78, 5) is 8.82. The molecule has 0 bridgehead atoms. The van der Waals surface area contributed by atoms with E-state index in [1.807, 2.05) is 35.9 Å². The Bertz CT molecular complexity index is 1170. The first-order chi connectivity index (χ1) is 14.2. The molecule has 0 fully saturated rings. The number of nitrogens with zero attached hydrogens (tertiary/aromatic N) is 3. The van der Waals surface area contributed by atoms with Crippen molar-refractivity contribution in [3.8, 4) is 0 Å². The lowest BCUT2D eigenvalue weighted by Gasteiger charge is -2.14. The molecule has 9 heteroatoms. The summed E-state index contributed by atoms with van der Waals surface area (Å²) in [6.07, 6.45) is 5.85. The molecule has 0 aliphatic carbocycles. The minimum absolute atomic E-state index is 0.135. The molecule has 0 aliphatic heterocycles. The number of aromatic nitrogens is 2. The molecule has 0 radical (unpaired) electrons. The molecule has 0 unspecified atom stereocenters. The molecule has 160 valence electrons. The summed E-state index contributed by atoms with van der Waals surface area (Å²) in [5, 5.41) is 6.32. The molecule has 2 heterocycles. The first-order valence-electron chi connectivity index (χ1n) is 9.58. The predicted molar refractivity (Wildman–Crippen MR) is 117 cm³/mol. The number of benzene rings is 1. The largest absolute Gasteiger partial charge is 0.356 e. The van der Waals surface area contributed by atoms with Crippen molar-refractivity contribution < 1.29 is 12.8 Å². The van der Waals surface area contributed by atoms with Crippen molar-refractivity contribution in [1.82, 2.24) is 20.0 Å². The van der Waals surface area contributed by atoms with E-state index in [4.69, 9.17) is 0 Å². The number of aryl methyl sites for hydroxylation is 1. The molecule has 0 amide bonds. The van der Waals surface area contributed by atoms with Crippen LogP contribution >= 0.6 is 0 Å². The number of pyridine rings is 1. The van der Waals surface area contributed by atoms with Gasteiger partial charge in [-0.05, 0) is 41.8 Å². The number of rotatable bonds is 7. The van der Waals surface area contributed by atoms with Gasteiger partial charge in [0.2, 0.25) is 0 Å².